The van der Waals surface area contributed by atoms with E-state index < -0.39 is 11.6 Å². The Hall–Kier alpha value is -1.77. The number of rotatable bonds is 4. The van der Waals surface area contributed by atoms with E-state index >= 15 is 0 Å². The minimum Gasteiger partial charge on any atom is -0.379 e. The lowest BCUT2D eigenvalue weighted by molar-refractivity contribution is -0.0411. The molecule has 2 aliphatic rings. The van der Waals surface area contributed by atoms with Gasteiger partial charge in [0.1, 0.15) is 11.6 Å². The molecule has 2 fully saturated rings. The number of guanidine groups is 1. The van der Waals surface area contributed by atoms with Gasteiger partial charge in [-0.3, -0.25) is 9.89 Å². The van der Waals surface area contributed by atoms with E-state index in [9.17, 15) is 8.78 Å². The number of piperidine rings is 1. The monoisotopic (exact) mass is 367 g/mol. The molecule has 0 radical (unpaired) electrons. The van der Waals surface area contributed by atoms with E-state index in [2.05, 4.69) is 27.2 Å². The normalized spacial score (nSPS) is 22.3. The molecule has 0 aliphatic carbocycles. The second-order valence-corrected chi connectivity index (χ2v) is 7.08. The summed E-state index contributed by atoms with van der Waals surface area (Å²) < 4.78 is 32.6. The maximum Gasteiger partial charge on any atom is 0.193 e. The van der Waals surface area contributed by atoms with Crippen molar-refractivity contribution in [3.8, 4) is 0 Å². The van der Waals surface area contributed by atoms with Gasteiger partial charge in [-0.15, -0.1) is 0 Å². The molecule has 2 saturated heterocycles. The molecule has 2 heterocycles. The third-order valence-electron chi connectivity index (χ3n) is 5.33. The van der Waals surface area contributed by atoms with Gasteiger partial charge in [0, 0.05) is 24.7 Å². The number of aliphatic imine (C=N–C) groups is 1. The topological polar surface area (TPSA) is 66.1 Å². The van der Waals surface area contributed by atoms with Crippen LogP contribution in [0.5, 0.6) is 0 Å². The van der Waals surface area contributed by atoms with Gasteiger partial charge < -0.3 is 20.7 Å². The second kappa shape index (κ2) is 8.28. The lowest BCUT2D eigenvalue weighted by atomic mass is 9.85. The van der Waals surface area contributed by atoms with E-state index in [1.165, 1.54) is 0 Å². The molecule has 8 heteroatoms. The van der Waals surface area contributed by atoms with Gasteiger partial charge in [0.2, 0.25) is 0 Å². The molecule has 6 nitrogen and oxygen atoms in total. The molecule has 3 N–H and O–H groups in total. The van der Waals surface area contributed by atoms with E-state index in [-0.39, 0.29) is 17.2 Å². The lowest BCUT2D eigenvalue weighted by Crippen LogP contribution is -2.59. The van der Waals surface area contributed by atoms with Gasteiger partial charge >= 0.3 is 0 Å². The molecule has 0 unspecified atom stereocenters. The molecule has 0 spiro atoms. The molecule has 0 saturated carbocycles. The summed E-state index contributed by atoms with van der Waals surface area (Å²) in [5, 5.41) is 2.68. The highest BCUT2D eigenvalue weighted by atomic mass is 19.1. The fourth-order valence-corrected chi connectivity index (χ4v) is 3.65. The quantitative estimate of drug-likeness (QED) is 0.624. The standard InChI is InChI=1S/C18H27F2N5O/c1-24-6-4-18(5-7-24,25-8-10-26-11-9-25)13-22-17(21)23-16-12-14(19)2-3-15(16)20/h2-3,12H,4-11,13H2,1H3,(H3,21,22,23). The first-order valence-electron chi connectivity index (χ1n) is 9.02. The molecule has 144 valence electrons. The van der Waals surface area contributed by atoms with Crippen LogP contribution in [0.2, 0.25) is 0 Å². The van der Waals surface area contributed by atoms with Crippen molar-refractivity contribution < 1.29 is 13.5 Å². The Labute approximate surface area is 153 Å². The van der Waals surface area contributed by atoms with E-state index in [1.54, 1.807) is 0 Å². The molecule has 1 aromatic carbocycles. The number of nitrogens with one attached hydrogen (secondary N) is 1. The van der Waals surface area contributed by atoms with Crippen LogP contribution in [0.1, 0.15) is 12.8 Å². The number of hydrogen-bond acceptors (Lipinski definition) is 4. The molecule has 0 amide bonds. The number of benzene rings is 1. The van der Waals surface area contributed by atoms with Gasteiger partial charge in [0.25, 0.3) is 0 Å². The van der Waals surface area contributed by atoms with Crippen molar-refractivity contribution in [1.82, 2.24) is 9.80 Å². The smallest absolute Gasteiger partial charge is 0.193 e. The molecule has 26 heavy (non-hydrogen) atoms. The number of anilines is 1. The zero-order valence-electron chi connectivity index (χ0n) is 15.2. The first-order chi connectivity index (χ1) is 12.5. The summed E-state index contributed by atoms with van der Waals surface area (Å²) in [4.78, 5) is 9.24. The Morgan fingerprint density at radius 2 is 1.92 bits per heavy atom. The first-order valence-corrected chi connectivity index (χ1v) is 9.02. The predicted molar refractivity (Wildman–Crippen MR) is 98.3 cm³/mol. The zero-order valence-corrected chi connectivity index (χ0v) is 15.2. The molecule has 2 aliphatic heterocycles. The van der Waals surface area contributed by atoms with Crippen LogP contribution in [0.25, 0.3) is 0 Å². The Morgan fingerprint density at radius 3 is 2.62 bits per heavy atom. The number of hydrogen-bond donors (Lipinski definition) is 2. The highest BCUT2D eigenvalue weighted by Gasteiger charge is 2.39. The van der Waals surface area contributed by atoms with Gasteiger partial charge in [-0.1, -0.05) is 0 Å². The van der Waals surface area contributed by atoms with Gasteiger partial charge in [-0.2, -0.15) is 0 Å². The minimum atomic E-state index is -0.563. The highest BCUT2D eigenvalue weighted by molar-refractivity contribution is 5.92. The third-order valence-corrected chi connectivity index (χ3v) is 5.33. The molecular weight excluding hydrogens is 340 g/mol. The number of halogens is 2. The molecule has 0 aromatic heterocycles. The van der Waals surface area contributed by atoms with Gasteiger partial charge in [-0.25, -0.2) is 8.78 Å². The summed E-state index contributed by atoms with van der Waals surface area (Å²) in [6.07, 6.45) is 1.99. The van der Waals surface area contributed by atoms with Crippen molar-refractivity contribution in [3.05, 3.63) is 29.8 Å². The number of morpholine rings is 1. The zero-order chi connectivity index (χ0) is 18.6. The van der Waals surface area contributed by atoms with Crippen molar-refractivity contribution in [3.63, 3.8) is 0 Å². The third kappa shape index (κ3) is 4.49. The van der Waals surface area contributed by atoms with E-state index in [4.69, 9.17) is 10.5 Å². The van der Waals surface area contributed by atoms with Crippen LogP contribution in [-0.2, 0) is 4.74 Å². The number of likely N-dealkylation sites (tertiary alicyclic amines) is 1. The van der Waals surface area contributed by atoms with E-state index in [0.717, 1.165) is 70.4 Å². The number of ether oxygens (including phenoxy) is 1. The Balaban J connectivity index is 1.71. The molecule has 0 atom stereocenters. The van der Waals surface area contributed by atoms with Crippen LogP contribution < -0.4 is 11.1 Å². The van der Waals surface area contributed by atoms with Crippen molar-refractivity contribution in [1.29, 1.82) is 0 Å². The molecule has 0 bridgehead atoms. The fourth-order valence-electron chi connectivity index (χ4n) is 3.65. The summed E-state index contributed by atoms with van der Waals surface area (Å²) in [7, 11) is 2.12. The van der Waals surface area contributed by atoms with Gasteiger partial charge in [0.05, 0.1) is 25.4 Å². The average Bonchev–Trinajstić information content (AvgIpc) is 2.65. The van der Waals surface area contributed by atoms with Crippen LogP contribution in [-0.4, -0.2) is 74.3 Å². The van der Waals surface area contributed by atoms with E-state index in [1.807, 2.05) is 0 Å². The summed E-state index contributed by atoms with van der Waals surface area (Å²) in [5.74, 6) is -0.991. The van der Waals surface area contributed by atoms with Gasteiger partial charge in [-0.05, 0) is 45.1 Å². The van der Waals surface area contributed by atoms with Crippen molar-refractivity contribution in [2.75, 3.05) is 58.3 Å². The Bertz CT molecular complexity index is 640. The average molecular weight is 367 g/mol. The van der Waals surface area contributed by atoms with Crippen LogP contribution in [0.3, 0.4) is 0 Å². The van der Waals surface area contributed by atoms with E-state index in [0.29, 0.717) is 6.54 Å². The summed E-state index contributed by atoms with van der Waals surface area (Å²) in [6, 6.07) is 3.21. The van der Waals surface area contributed by atoms with Gasteiger partial charge in [0.15, 0.2) is 5.96 Å². The first kappa shape index (κ1) is 19.0. The lowest BCUT2D eigenvalue weighted by Gasteiger charge is -2.49. The minimum absolute atomic E-state index is 0.00458. The van der Waals surface area contributed by atoms with Crippen molar-refractivity contribution in [2.45, 2.75) is 18.4 Å². The van der Waals surface area contributed by atoms with Crippen molar-refractivity contribution >= 4 is 11.6 Å². The predicted octanol–water partition coefficient (Wildman–Crippen LogP) is 1.49. The maximum atomic E-state index is 13.8. The Morgan fingerprint density at radius 1 is 1.23 bits per heavy atom. The molecule has 3 rings (SSSR count). The van der Waals surface area contributed by atoms with Crippen LogP contribution in [0, 0.1) is 11.6 Å². The Kier molecular flexibility index (Phi) is 6.05. The number of nitrogens with zero attached hydrogens (tertiary/aromatic N) is 3. The van der Waals surface area contributed by atoms with Crippen LogP contribution >= 0.6 is 0 Å². The SMILES string of the molecule is CN1CCC(CN=C(N)Nc2cc(F)ccc2F)(N2CCOCC2)CC1. The molecular formula is C18H27F2N5O. The molecule has 1 aromatic rings. The summed E-state index contributed by atoms with van der Waals surface area (Å²) in [5.41, 5.74) is 5.88. The fraction of sp³-hybridized carbons (Fsp3) is 0.611. The summed E-state index contributed by atoms with van der Waals surface area (Å²) in [6.45, 7) is 5.73. The van der Waals surface area contributed by atoms with Crippen LogP contribution in [0.15, 0.2) is 23.2 Å². The van der Waals surface area contributed by atoms with Crippen LogP contribution in [0.4, 0.5) is 14.5 Å². The highest BCUT2D eigenvalue weighted by Crippen LogP contribution is 2.30. The maximum absolute atomic E-state index is 13.8. The number of nitrogens with two attached hydrogens (primary N) is 1. The second-order valence-electron chi connectivity index (χ2n) is 7.08. The summed E-state index contributed by atoms with van der Waals surface area (Å²) >= 11 is 0. The van der Waals surface area contributed by atoms with Crippen molar-refractivity contribution in [2.24, 2.45) is 10.7 Å². The largest absolute Gasteiger partial charge is 0.379 e.